The van der Waals surface area contributed by atoms with Crippen LogP contribution in [0.1, 0.15) is 31.2 Å². The van der Waals surface area contributed by atoms with E-state index >= 15 is 0 Å². The van der Waals surface area contributed by atoms with Crippen molar-refractivity contribution in [3.05, 3.63) is 28.8 Å². The Morgan fingerprint density at radius 1 is 1.47 bits per heavy atom. The number of rotatable bonds is 3. The Bertz CT molecular complexity index is 351. The van der Waals surface area contributed by atoms with Gasteiger partial charge in [-0.2, -0.15) is 0 Å². The molecule has 96 valence electrons. The maximum absolute atomic E-state index is 6.00. The second-order valence-corrected chi connectivity index (χ2v) is 4.59. The summed E-state index contributed by atoms with van der Waals surface area (Å²) >= 11 is 6.00. The SMILES string of the molecule is CCOc1cc(Cl)ccc1C1CCCNC1.Cl. The van der Waals surface area contributed by atoms with Gasteiger partial charge in [0.2, 0.25) is 0 Å². The van der Waals surface area contributed by atoms with Gasteiger partial charge in [0.25, 0.3) is 0 Å². The molecule has 0 amide bonds. The zero-order valence-electron chi connectivity index (χ0n) is 10.0. The quantitative estimate of drug-likeness (QED) is 0.910. The molecule has 0 radical (unpaired) electrons. The number of ether oxygens (including phenoxy) is 1. The summed E-state index contributed by atoms with van der Waals surface area (Å²) in [6, 6.07) is 5.98. The summed E-state index contributed by atoms with van der Waals surface area (Å²) in [5, 5.41) is 4.17. The Morgan fingerprint density at radius 2 is 2.29 bits per heavy atom. The maximum Gasteiger partial charge on any atom is 0.124 e. The van der Waals surface area contributed by atoms with E-state index in [2.05, 4.69) is 11.4 Å². The summed E-state index contributed by atoms with van der Waals surface area (Å²) in [6.45, 7) is 4.87. The first kappa shape index (κ1) is 14.6. The van der Waals surface area contributed by atoms with Crippen molar-refractivity contribution < 1.29 is 4.74 Å². The molecule has 0 spiro atoms. The molecule has 1 aliphatic rings. The molecular formula is C13H19Cl2NO. The highest BCUT2D eigenvalue weighted by Gasteiger charge is 2.18. The summed E-state index contributed by atoms with van der Waals surface area (Å²) in [5.41, 5.74) is 1.29. The third kappa shape index (κ3) is 3.77. The van der Waals surface area contributed by atoms with Gasteiger partial charge in [-0.15, -0.1) is 12.4 Å². The van der Waals surface area contributed by atoms with E-state index in [4.69, 9.17) is 16.3 Å². The standard InChI is InChI=1S/C13H18ClNO.ClH/c1-2-16-13-8-11(14)5-6-12(13)10-4-3-7-15-9-10;/h5-6,8,10,15H,2-4,7,9H2,1H3;1H. The maximum atomic E-state index is 6.00. The molecule has 2 nitrogen and oxygen atoms in total. The van der Waals surface area contributed by atoms with E-state index in [9.17, 15) is 0 Å². The summed E-state index contributed by atoms with van der Waals surface area (Å²) in [6.07, 6.45) is 2.47. The van der Waals surface area contributed by atoms with Crippen molar-refractivity contribution in [1.82, 2.24) is 5.32 Å². The van der Waals surface area contributed by atoms with Gasteiger partial charge in [0.15, 0.2) is 0 Å². The van der Waals surface area contributed by atoms with Crippen LogP contribution in [0.2, 0.25) is 5.02 Å². The molecule has 1 N–H and O–H groups in total. The van der Waals surface area contributed by atoms with Crippen LogP contribution in [0.5, 0.6) is 5.75 Å². The summed E-state index contributed by atoms with van der Waals surface area (Å²) < 4.78 is 5.66. The lowest BCUT2D eigenvalue weighted by atomic mass is 9.91. The third-order valence-corrected chi connectivity index (χ3v) is 3.25. The van der Waals surface area contributed by atoms with E-state index in [1.807, 2.05) is 19.1 Å². The van der Waals surface area contributed by atoms with Gasteiger partial charge in [0.05, 0.1) is 6.61 Å². The van der Waals surface area contributed by atoms with Crippen molar-refractivity contribution in [2.24, 2.45) is 0 Å². The predicted molar refractivity (Wildman–Crippen MR) is 74.7 cm³/mol. The third-order valence-electron chi connectivity index (χ3n) is 3.01. The van der Waals surface area contributed by atoms with Crippen LogP contribution in [0.3, 0.4) is 0 Å². The van der Waals surface area contributed by atoms with Gasteiger partial charge in [-0.3, -0.25) is 0 Å². The molecule has 1 aromatic carbocycles. The Hall–Kier alpha value is -0.440. The molecule has 17 heavy (non-hydrogen) atoms. The van der Waals surface area contributed by atoms with Gasteiger partial charge in [0.1, 0.15) is 5.75 Å². The van der Waals surface area contributed by atoms with Crippen molar-refractivity contribution in [2.75, 3.05) is 19.7 Å². The second-order valence-electron chi connectivity index (χ2n) is 4.16. The molecule has 0 saturated carbocycles. The number of benzene rings is 1. The molecule has 0 bridgehead atoms. The van der Waals surface area contributed by atoms with Crippen LogP contribution in [0, 0.1) is 0 Å². The van der Waals surface area contributed by atoms with Crippen LogP contribution < -0.4 is 10.1 Å². The van der Waals surface area contributed by atoms with Crippen molar-refractivity contribution in [3.63, 3.8) is 0 Å². The van der Waals surface area contributed by atoms with E-state index in [1.165, 1.54) is 18.4 Å². The number of hydrogen-bond acceptors (Lipinski definition) is 2. The van der Waals surface area contributed by atoms with Crippen molar-refractivity contribution in [1.29, 1.82) is 0 Å². The normalized spacial score (nSPS) is 19.5. The predicted octanol–water partition coefficient (Wildman–Crippen LogP) is 3.63. The summed E-state index contributed by atoms with van der Waals surface area (Å²) in [4.78, 5) is 0. The fourth-order valence-electron chi connectivity index (χ4n) is 2.24. The minimum atomic E-state index is 0. The second kappa shape index (κ2) is 7.10. The topological polar surface area (TPSA) is 21.3 Å². The molecule has 4 heteroatoms. The zero-order chi connectivity index (χ0) is 11.4. The van der Waals surface area contributed by atoms with Gasteiger partial charge in [-0.05, 0) is 44.0 Å². The first-order valence-electron chi connectivity index (χ1n) is 5.94. The van der Waals surface area contributed by atoms with Gasteiger partial charge < -0.3 is 10.1 Å². The van der Waals surface area contributed by atoms with Gasteiger partial charge in [0, 0.05) is 17.5 Å². The number of nitrogens with one attached hydrogen (secondary N) is 1. The Balaban J connectivity index is 0.00000144. The number of halogens is 2. The van der Waals surface area contributed by atoms with E-state index in [0.29, 0.717) is 12.5 Å². The van der Waals surface area contributed by atoms with Crippen molar-refractivity contribution in [3.8, 4) is 5.75 Å². The molecular weight excluding hydrogens is 257 g/mol. The fraction of sp³-hybridized carbons (Fsp3) is 0.538. The fourth-order valence-corrected chi connectivity index (χ4v) is 2.41. The lowest BCUT2D eigenvalue weighted by molar-refractivity contribution is 0.330. The highest BCUT2D eigenvalue weighted by molar-refractivity contribution is 6.30. The van der Waals surface area contributed by atoms with Gasteiger partial charge >= 0.3 is 0 Å². The molecule has 0 aliphatic carbocycles. The summed E-state index contributed by atoms with van der Waals surface area (Å²) in [7, 11) is 0. The minimum absolute atomic E-state index is 0. The average Bonchev–Trinajstić information content (AvgIpc) is 2.31. The van der Waals surface area contributed by atoms with Crippen LogP contribution in [-0.2, 0) is 0 Å². The van der Waals surface area contributed by atoms with Crippen LogP contribution in [-0.4, -0.2) is 19.7 Å². The van der Waals surface area contributed by atoms with E-state index < -0.39 is 0 Å². The summed E-state index contributed by atoms with van der Waals surface area (Å²) in [5.74, 6) is 1.51. The lowest BCUT2D eigenvalue weighted by Crippen LogP contribution is -2.28. The average molecular weight is 276 g/mol. The van der Waals surface area contributed by atoms with E-state index in [0.717, 1.165) is 23.9 Å². The van der Waals surface area contributed by atoms with Crippen LogP contribution in [0.15, 0.2) is 18.2 Å². The molecule has 1 aromatic rings. The minimum Gasteiger partial charge on any atom is -0.494 e. The Labute approximate surface area is 114 Å². The molecule has 1 saturated heterocycles. The van der Waals surface area contributed by atoms with Crippen molar-refractivity contribution >= 4 is 24.0 Å². The Morgan fingerprint density at radius 3 is 2.94 bits per heavy atom. The monoisotopic (exact) mass is 275 g/mol. The number of hydrogen-bond donors (Lipinski definition) is 1. The zero-order valence-corrected chi connectivity index (χ0v) is 11.6. The van der Waals surface area contributed by atoms with Crippen LogP contribution in [0.25, 0.3) is 0 Å². The van der Waals surface area contributed by atoms with Crippen molar-refractivity contribution in [2.45, 2.75) is 25.7 Å². The highest BCUT2D eigenvalue weighted by Crippen LogP contribution is 2.33. The van der Waals surface area contributed by atoms with Gasteiger partial charge in [-0.25, -0.2) is 0 Å². The lowest BCUT2D eigenvalue weighted by Gasteiger charge is -2.25. The molecule has 0 aromatic heterocycles. The van der Waals surface area contributed by atoms with E-state index in [-0.39, 0.29) is 12.4 Å². The molecule has 1 heterocycles. The first-order chi connectivity index (χ1) is 7.81. The largest absolute Gasteiger partial charge is 0.494 e. The smallest absolute Gasteiger partial charge is 0.124 e. The van der Waals surface area contributed by atoms with E-state index in [1.54, 1.807) is 0 Å². The molecule has 1 unspecified atom stereocenters. The van der Waals surface area contributed by atoms with Crippen LogP contribution >= 0.6 is 24.0 Å². The number of piperidine rings is 1. The first-order valence-corrected chi connectivity index (χ1v) is 6.32. The highest BCUT2D eigenvalue weighted by atomic mass is 35.5. The molecule has 1 fully saturated rings. The Kier molecular flexibility index (Phi) is 6.10. The molecule has 1 aliphatic heterocycles. The van der Waals surface area contributed by atoms with Crippen LogP contribution in [0.4, 0.5) is 0 Å². The molecule has 1 atom stereocenters. The molecule has 2 rings (SSSR count). The van der Waals surface area contributed by atoms with Gasteiger partial charge in [-0.1, -0.05) is 17.7 Å².